The Morgan fingerprint density at radius 3 is 2.45 bits per heavy atom. The van der Waals surface area contributed by atoms with Crippen LogP contribution in [0.25, 0.3) is 0 Å². The molecule has 3 aromatic rings. The highest BCUT2D eigenvalue weighted by molar-refractivity contribution is 5.95. The van der Waals surface area contributed by atoms with Crippen LogP contribution in [0.2, 0.25) is 0 Å². The van der Waals surface area contributed by atoms with Crippen LogP contribution in [0.3, 0.4) is 0 Å². The molecule has 1 heterocycles. The van der Waals surface area contributed by atoms with Crippen molar-refractivity contribution in [2.75, 3.05) is 13.2 Å². The molecule has 1 atom stereocenters. The van der Waals surface area contributed by atoms with E-state index in [4.69, 9.17) is 9.47 Å². The standard InChI is InChI=1S/C25H25NO3/c1-18-8-5-6-11-21(18)25(27)26-22(16-19-9-3-2-4-10-19)20-12-13-23-24(17-20)29-15-7-14-28-23/h2-6,8-13,17,22H,7,14-16H2,1H3,(H,26,27). The number of hydrogen-bond donors (Lipinski definition) is 1. The lowest BCUT2D eigenvalue weighted by atomic mass is 9.97. The number of ether oxygens (including phenoxy) is 2. The van der Waals surface area contributed by atoms with E-state index in [1.54, 1.807) is 0 Å². The maximum absolute atomic E-state index is 13.0. The van der Waals surface area contributed by atoms with Gasteiger partial charge in [-0.05, 0) is 48.2 Å². The fraction of sp³-hybridized carbons (Fsp3) is 0.240. The van der Waals surface area contributed by atoms with Crippen LogP contribution in [0.4, 0.5) is 0 Å². The number of hydrogen-bond acceptors (Lipinski definition) is 3. The third-order valence-corrected chi connectivity index (χ3v) is 5.15. The third kappa shape index (κ3) is 4.60. The van der Waals surface area contributed by atoms with Gasteiger partial charge in [-0.15, -0.1) is 0 Å². The summed E-state index contributed by atoms with van der Waals surface area (Å²) < 4.78 is 11.6. The van der Waals surface area contributed by atoms with E-state index in [9.17, 15) is 4.79 Å². The van der Waals surface area contributed by atoms with Gasteiger partial charge in [0.25, 0.3) is 5.91 Å². The van der Waals surface area contributed by atoms with Gasteiger partial charge in [0, 0.05) is 12.0 Å². The molecule has 29 heavy (non-hydrogen) atoms. The predicted molar refractivity (Wildman–Crippen MR) is 114 cm³/mol. The van der Waals surface area contributed by atoms with Gasteiger partial charge in [-0.3, -0.25) is 4.79 Å². The molecule has 4 rings (SSSR count). The van der Waals surface area contributed by atoms with Crippen molar-refractivity contribution < 1.29 is 14.3 Å². The Balaban J connectivity index is 1.64. The first-order chi connectivity index (χ1) is 14.2. The lowest BCUT2D eigenvalue weighted by molar-refractivity contribution is 0.0936. The molecule has 4 nitrogen and oxygen atoms in total. The van der Waals surface area contributed by atoms with Crippen LogP contribution in [0, 0.1) is 6.92 Å². The molecule has 1 aliphatic rings. The minimum Gasteiger partial charge on any atom is -0.490 e. The molecule has 1 aliphatic heterocycles. The second-order valence-corrected chi connectivity index (χ2v) is 7.29. The van der Waals surface area contributed by atoms with Crippen LogP contribution in [0.5, 0.6) is 11.5 Å². The van der Waals surface area contributed by atoms with Gasteiger partial charge in [-0.1, -0.05) is 54.6 Å². The maximum atomic E-state index is 13.0. The van der Waals surface area contributed by atoms with Crippen LogP contribution in [0.1, 0.15) is 39.5 Å². The quantitative estimate of drug-likeness (QED) is 0.679. The number of nitrogens with one attached hydrogen (secondary N) is 1. The monoisotopic (exact) mass is 387 g/mol. The average molecular weight is 387 g/mol. The van der Waals surface area contributed by atoms with Crippen molar-refractivity contribution in [3.8, 4) is 11.5 Å². The normalized spacial score (nSPS) is 14.0. The zero-order chi connectivity index (χ0) is 20.1. The smallest absolute Gasteiger partial charge is 0.252 e. The molecule has 0 saturated heterocycles. The lowest BCUT2D eigenvalue weighted by Crippen LogP contribution is -2.30. The fourth-order valence-corrected chi connectivity index (χ4v) is 3.56. The zero-order valence-electron chi connectivity index (χ0n) is 16.6. The summed E-state index contributed by atoms with van der Waals surface area (Å²) in [4.78, 5) is 13.0. The number of fused-ring (bicyclic) bond motifs is 1. The van der Waals surface area contributed by atoms with Gasteiger partial charge in [0.05, 0.1) is 19.3 Å². The molecule has 3 aromatic carbocycles. The molecule has 0 aliphatic carbocycles. The second-order valence-electron chi connectivity index (χ2n) is 7.29. The van der Waals surface area contributed by atoms with E-state index in [-0.39, 0.29) is 11.9 Å². The van der Waals surface area contributed by atoms with Gasteiger partial charge < -0.3 is 14.8 Å². The van der Waals surface area contributed by atoms with E-state index < -0.39 is 0 Å². The first kappa shape index (κ1) is 19.1. The number of carbonyl (C=O) groups is 1. The lowest BCUT2D eigenvalue weighted by Gasteiger charge is -2.21. The van der Waals surface area contributed by atoms with Gasteiger partial charge >= 0.3 is 0 Å². The van der Waals surface area contributed by atoms with E-state index in [1.165, 1.54) is 0 Å². The van der Waals surface area contributed by atoms with E-state index in [0.29, 0.717) is 25.2 Å². The molecule has 1 unspecified atom stereocenters. The minimum absolute atomic E-state index is 0.0730. The van der Waals surface area contributed by atoms with Crippen molar-refractivity contribution in [2.45, 2.75) is 25.8 Å². The summed E-state index contributed by atoms with van der Waals surface area (Å²) in [5.41, 5.74) is 3.82. The van der Waals surface area contributed by atoms with Crippen LogP contribution in [-0.4, -0.2) is 19.1 Å². The molecule has 0 fully saturated rings. The summed E-state index contributed by atoms with van der Waals surface area (Å²) >= 11 is 0. The van der Waals surface area contributed by atoms with E-state index in [2.05, 4.69) is 17.4 Å². The van der Waals surface area contributed by atoms with Crippen LogP contribution < -0.4 is 14.8 Å². The van der Waals surface area contributed by atoms with Crippen molar-refractivity contribution in [1.82, 2.24) is 5.32 Å². The average Bonchev–Trinajstić information content (AvgIpc) is 2.99. The minimum atomic E-state index is -0.179. The molecule has 148 valence electrons. The van der Waals surface area contributed by atoms with Gasteiger partial charge in [-0.2, -0.15) is 0 Å². The van der Waals surface area contributed by atoms with Crippen LogP contribution in [-0.2, 0) is 6.42 Å². The number of amides is 1. The first-order valence-corrected chi connectivity index (χ1v) is 10.0. The third-order valence-electron chi connectivity index (χ3n) is 5.15. The molecule has 0 saturated carbocycles. The van der Waals surface area contributed by atoms with Crippen molar-refractivity contribution in [1.29, 1.82) is 0 Å². The topological polar surface area (TPSA) is 47.6 Å². The molecular formula is C25H25NO3. The Morgan fingerprint density at radius 1 is 0.931 bits per heavy atom. The fourth-order valence-electron chi connectivity index (χ4n) is 3.56. The molecule has 1 amide bonds. The van der Waals surface area contributed by atoms with Gasteiger partial charge in [0.15, 0.2) is 11.5 Å². The molecule has 0 bridgehead atoms. The van der Waals surface area contributed by atoms with Crippen molar-refractivity contribution in [3.05, 3.63) is 95.1 Å². The Hall–Kier alpha value is -3.27. The summed E-state index contributed by atoms with van der Waals surface area (Å²) in [6.45, 7) is 3.24. The molecule has 0 spiro atoms. The number of benzene rings is 3. The maximum Gasteiger partial charge on any atom is 0.252 e. The van der Waals surface area contributed by atoms with Crippen LogP contribution >= 0.6 is 0 Å². The summed E-state index contributed by atoms with van der Waals surface area (Å²) in [6, 6.07) is 23.6. The molecular weight excluding hydrogens is 362 g/mol. The zero-order valence-corrected chi connectivity index (χ0v) is 16.6. The van der Waals surface area contributed by atoms with Crippen LogP contribution in [0.15, 0.2) is 72.8 Å². The van der Waals surface area contributed by atoms with E-state index in [0.717, 1.165) is 34.6 Å². The second kappa shape index (κ2) is 8.82. The highest BCUT2D eigenvalue weighted by atomic mass is 16.5. The summed E-state index contributed by atoms with van der Waals surface area (Å²) in [7, 11) is 0. The summed E-state index contributed by atoms with van der Waals surface area (Å²) in [6.07, 6.45) is 1.56. The van der Waals surface area contributed by atoms with Crippen molar-refractivity contribution in [3.63, 3.8) is 0 Å². The Bertz CT molecular complexity index is 984. The van der Waals surface area contributed by atoms with E-state index in [1.807, 2.05) is 67.6 Å². The van der Waals surface area contributed by atoms with Gasteiger partial charge in [-0.25, -0.2) is 0 Å². The Labute approximate surface area is 171 Å². The SMILES string of the molecule is Cc1ccccc1C(=O)NC(Cc1ccccc1)c1ccc2c(c1)OCCCO2. The largest absolute Gasteiger partial charge is 0.490 e. The van der Waals surface area contributed by atoms with E-state index >= 15 is 0 Å². The number of rotatable bonds is 5. The molecule has 1 N–H and O–H groups in total. The molecule has 0 radical (unpaired) electrons. The number of carbonyl (C=O) groups excluding carboxylic acids is 1. The highest BCUT2D eigenvalue weighted by Gasteiger charge is 2.20. The summed E-state index contributed by atoms with van der Waals surface area (Å²) in [5, 5.41) is 3.23. The van der Waals surface area contributed by atoms with Gasteiger partial charge in [0.2, 0.25) is 0 Å². The Kier molecular flexibility index (Phi) is 5.80. The predicted octanol–water partition coefficient (Wildman–Crippen LogP) is 4.87. The van der Waals surface area contributed by atoms with Crippen molar-refractivity contribution >= 4 is 5.91 Å². The molecule has 4 heteroatoms. The summed E-state index contributed by atoms with van der Waals surface area (Å²) in [5.74, 6) is 1.43. The molecule has 0 aromatic heterocycles. The Morgan fingerprint density at radius 2 is 1.66 bits per heavy atom. The van der Waals surface area contributed by atoms with Crippen molar-refractivity contribution in [2.24, 2.45) is 0 Å². The van der Waals surface area contributed by atoms with Gasteiger partial charge in [0.1, 0.15) is 0 Å². The highest BCUT2D eigenvalue weighted by Crippen LogP contribution is 2.33. The first-order valence-electron chi connectivity index (χ1n) is 10.0. The number of aryl methyl sites for hydroxylation is 1.